The number of nitrogens with one attached hydrogen (secondary N) is 1. The highest BCUT2D eigenvalue weighted by atomic mass is 16.5. The van der Waals surface area contributed by atoms with E-state index in [0.717, 1.165) is 7.11 Å². The summed E-state index contributed by atoms with van der Waals surface area (Å²) in [7, 11) is 2.26. The molecule has 3 N–H and O–H groups in total. The Balaban J connectivity index is -0.000000183. The highest BCUT2D eigenvalue weighted by Gasteiger charge is 1.98. The average Bonchev–Trinajstić information content (AvgIpc) is 2.30. The highest BCUT2D eigenvalue weighted by molar-refractivity contribution is 5.73. The number of esters is 1. The molecule has 0 aromatic carbocycles. The van der Waals surface area contributed by atoms with Crippen LogP contribution in [0.2, 0.25) is 0 Å². The maximum atomic E-state index is 9.98. The van der Waals surface area contributed by atoms with Gasteiger partial charge in [0.05, 0.1) is 7.11 Å². The van der Waals surface area contributed by atoms with Crippen LogP contribution in [0.25, 0.3) is 4.85 Å². The van der Waals surface area contributed by atoms with E-state index < -0.39 is 11.9 Å². The van der Waals surface area contributed by atoms with Crippen molar-refractivity contribution in [3.63, 3.8) is 0 Å². The second-order valence-electron chi connectivity index (χ2n) is 1.78. The van der Waals surface area contributed by atoms with Gasteiger partial charge in [0.1, 0.15) is 6.54 Å². The molecule has 0 saturated carbocycles. The number of ether oxygens (including phenoxy) is 1. The molecule has 0 bridgehead atoms. The van der Waals surface area contributed by atoms with Gasteiger partial charge in [-0.25, -0.2) is 11.4 Å². The monoisotopic (exact) mass is 234 g/mol. The zero-order valence-corrected chi connectivity index (χ0v) is 8.97. The van der Waals surface area contributed by atoms with Gasteiger partial charge in [0.25, 0.3) is 0 Å². The number of amides is 1. The van der Waals surface area contributed by atoms with Crippen molar-refractivity contribution in [1.29, 1.82) is 0 Å². The minimum atomic E-state index is -1.04. The van der Waals surface area contributed by atoms with Crippen molar-refractivity contribution in [3.8, 4) is 0 Å². The minimum Gasteiger partial charge on any atom is -0.480 e. The van der Waals surface area contributed by atoms with E-state index in [1.807, 2.05) is 5.32 Å². The smallest absolute Gasteiger partial charge is 0.386 e. The Morgan fingerprint density at radius 2 is 2.00 bits per heavy atom. The number of carboxylic acids is 1. The Morgan fingerprint density at radius 3 is 2.12 bits per heavy atom. The van der Waals surface area contributed by atoms with Crippen molar-refractivity contribution in [2.24, 2.45) is 0 Å². The number of aliphatic carboxylic acids is 1. The number of aliphatic hydroxyl groups is 1. The molecule has 8 nitrogen and oxygen atoms in total. The number of nitrogens with zero attached hydrogens (tertiary/aromatic N) is 1. The van der Waals surface area contributed by atoms with Crippen molar-refractivity contribution < 1.29 is 29.3 Å². The molecular formula is C8H14N2O6. The first kappa shape index (κ1) is 19.4. The third-order valence-corrected chi connectivity index (χ3v) is 0.772. The fraction of sp³-hybridized carbons (Fsp3) is 0.500. The maximum absolute atomic E-state index is 9.98. The normalized spacial score (nSPS) is 6.62. The van der Waals surface area contributed by atoms with Crippen LogP contribution in [0.15, 0.2) is 0 Å². The van der Waals surface area contributed by atoms with Crippen LogP contribution < -0.4 is 5.32 Å². The molecule has 0 fully saturated rings. The number of carbonyl (C=O) groups excluding carboxylic acids is 2. The molecule has 8 heteroatoms. The predicted molar refractivity (Wildman–Crippen MR) is 53.3 cm³/mol. The largest absolute Gasteiger partial charge is 0.480 e. The first-order valence-corrected chi connectivity index (χ1v) is 3.82. The number of carboxylic acid groups (broad SMARTS) is 1. The van der Waals surface area contributed by atoms with Crippen molar-refractivity contribution in [2.75, 3.05) is 27.3 Å². The van der Waals surface area contributed by atoms with E-state index in [-0.39, 0.29) is 13.1 Å². The number of hydrogen-bond donors (Lipinski definition) is 3. The molecule has 0 spiro atoms. The molecule has 92 valence electrons. The Bertz CT molecular complexity index is 235. The zero-order valence-electron chi connectivity index (χ0n) is 8.97. The fourth-order valence-electron chi connectivity index (χ4n) is 0.258. The molecule has 0 saturated heterocycles. The van der Waals surface area contributed by atoms with Crippen LogP contribution in [0.5, 0.6) is 0 Å². The van der Waals surface area contributed by atoms with Crippen molar-refractivity contribution in [3.05, 3.63) is 11.4 Å². The van der Waals surface area contributed by atoms with E-state index in [0.29, 0.717) is 6.41 Å². The molecule has 0 heterocycles. The number of methoxy groups -OCH3 is 1. The number of rotatable bonds is 4. The maximum Gasteiger partial charge on any atom is 0.386 e. The average molecular weight is 234 g/mol. The predicted octanol–water partition coefficient (Wildman–Crippen LogP) is -1.50. The van der Waals surface area contributed by atoms with E-state index in [1.54, 1.807) is 0 Å². The summed E-state index contributed by atoms with van der Waals surface area (Å²) in [4.78, 5) is 31.6. The third kappa shape index (κ3) is 29.7. The van der Waals surface area contributed by atoms with Gasteiger partial charge in [0.15, 0.2) is 0 Å². The van der Waals surface area contributed by atoms with Gasteiger partial charge < -0.3 is 25.1 Å². The number of hydrogen-bond acceptors (Lipinski definition) is 5. The van der Waals surface area contributed by atoms with Gasteiger partial charge in [0, 0.05) is 7.11 Å². The zero-order chi connectivity index (χ0) is 13.4. The first-order chi connectivity index (χ1) is 7.58. The van der Waals surface area contributed by atoms with Gasteiger partial charge in [0.2, 0.25) is 6.41 Å². The second-order valence-corrected chi connectivity index (χ2v) is 1.78. The summed E-state index contributed by atoms with van der Waals surface area (Å²) in [6.07, 6.45) is 0.341. The molecule has 0 aromatic rings. The van der Waals surface area contributed by atoms with Gasteiger partial charge in [-0.1, -0.05) is 0 Å². The van der Waals surface area contributed by atoms with Crippen molar-refractivity contribution >= 4 is 18.3 Å². The van der Waals surface area contributed by atoms with Crippen molar-refractivity contribution in [1.82, 2.24) is 5.32 Å². The Labute approximate surface area is 92.6 Å². The molecule has 0 rings (SSSR count). The quantitative estimate of drug-likeness (QED) is 0.310. The third-order valence-electron chi connectivity index (χ3n) is 0.772. The molecule has 0 aliphatic rings. The van der Waals surface area contributed by atoms with E-state index in [1.165, 1.54) is 7.11 Å². The molecule has 0 unspecified atom stereocenters. The molecule has 0 atom stereocenters. The van der Waals surface area contributed by atoms with Gasteiger partial charge >= 0.3 is 18.5 Å². The molecule has 1 amide bonds. The fourth-order valence-corrected chi connectivity index (χ4v) is 0.258. The van der Waals surface area contributed by atoms with Crippen LogP contribution in [-0.2, 0) is 19.1 Å². The van der Waals surface area contributed by atoms with Crippen LogP contribution in [-0.4, -0.2) is 55.9 Å². The van der Waals surface area contributed by atoms with Gasteiger partial charge in [-0.2, -0.15) is 0 Å². The Hall–Kier alpha value is -2.14. The summed E-state index contributed by atoms with van der Waals surface area (Å²) in [6, 6.07) is 0. The first-order valence-electron chi connectivity index (χ1n) is 3.82. The molecule has 0 aliphatic heterocycles. The van der Waals surface area contributed by atoms with E-state index in [4.69, 9.17) is 16.8 Å². The molecule has 16 heavy (non-hydrogen) atoms. The molecule has 0 aromatic heterocycles. The Morgan fingerprint density at radius 1 is 1.50 bits per heavy atom. The van der Waals surface area contributed by atoms with Crippen LogP contribution in [0.1, 0.15) is 0 Å². The summed E-state index contributed by atoms with van der Waals surface area (Å²) in [6.45, 7) is 5.69. The molecule has 0 aliphatic carbocycles. The Kier molecular flexibility index (Phi) is 22.6. The summed E-state index contributed by atoms with van der Waals surface area (Å²) in [5, 5.41) is 16.8. The lowest BCUT2D eigenvalue weighted by Crippen LogP contribution is -2.20. The second kappa shape index (κ2) is 18.6. The van der Waals surface area contributed by atoms with Crippen molar-refractivity contribution in [2.45, 2.75) is 0 Å². The van der Waals surface area contributed by atoms with E-state index in [9.17, 15) is 14.4 Å². The number of aliphatic hydroxyl groups excluding tert-OH is 1. The molecule has 0 radical (unpaired) electrons. The van der Waals surface area contributed by atoms with Crippen LogP contribution in [0.4, 0.5) is 0 Å². The number of carbonyl (C=O) groups is 3. The summed E-state index contributed by atoms with van der Waals surface area (Å²) < 4.78 is 4.14. The highest BCUT2D eigenvalue weighted by Crippen LogP contribution is 1.71. The minimum absolute atomic E-state index is 0.170. The topological polar surface area (TPSA) is 117 Å². The summed E-state index contributed by atoms with van der Waals surface area (Å²) in [5.74, 6) is -1.51. The van der Waals surface area contributed by atoms with Gasteiger partial charge in [-0.05, 0) is 0 Å². The SMILES string of the molecule is CO.O=CNCC(=O)O.[C-]#[N+]CC(=O)OC. The van der Waals surface area contributed by atoms with Crippen LogP contribution in [0, 0.1) is 6.57 Å². The summed E-state index contributed by atoms with van der Waals surface area (Å²) in [5.41, 5.74) is 0. The lowest BCUT2D eigenvalue weighted by Gasteiger charge is -1.85. The van der Waals surface area contributed by atoms with Gasteiger partial charge in [-0.3, -0.25) is 9.59 Å². The van der Waals surface area contributed by atoms with E-state index >= 15 is 0 Å². The van der Waals surface area contributed by atoms with E-state index in [2.05, 4.69) is 9.58 Å². The lowest BCUT2D eigenvalue weighted by molar-refractivity contribution is -0.138. The lowest BCUT2D eigenvalue weighted by atomic mass is 10.7. The van der Waals surface area contributed by atoms with Crippen LogP contribution in [0.3, 0.4) is 0 Å². The standard InChI is InChI=1S/C4H5NO2.C3H5NO3.CH4O/c1-5-3-4(6)7-2;5-2-4-1-3(6)7;1-2/h3H2,2H3;2H,1H2,(H,4,5)(H,6,7);2H,1H3. The summed E-state index contributed by atoms with van der Waals surface area (Å²) >= 11 is 0. The van der Waals surface area contributed by atoms with Crippen LogP contribution >= 0.6 is 0 Å². The van der Waals surface area contributed by atoms with Gasteiger partial charge in [-0.15, -0.1) is 0 Å². The molecular weight excluding hydrogens is 220 g/mol.